The third-order valence-corrected chi connectivity index (χ3v) is 3.82. The van der Waals surface area contributed by atoms with Crippen LogP contribution in [0.25, 0.3) is 0 Å². The molecule has 1 heterocycles. The Bertz CT molecular complexity index is 542. The minimum atomic E-state index is -0.392. The monoisotopic (exact) mass is 310 g/mol. The van der Waals surface area contributed by atoms with E-state index in [1.54, 1.807) is 30.1 Å². The highest BCUT2D eigenvalue weighted by Gasteiger charge is 2.24. The topological polar surface area (TPSA) is 58.6 Å². The first kappa shape index (κ1) is 15.8. The van der Waals surface area contributed by atoms with Crippen LogP contribution in [-0.2, 0) is 9.53 Å². The van der Waals surface area contributed by atoms with Crippen molar-refractivity contribution in [3.63, 3.8) is 0 Å². The van der Waals surface area contributed by atoms with Crippen molar-refractivity contribution in [1.29, 1.82) is 0 Å². The molecule has 0 saturated carbocycles. The van der Waals surface area contributed by atoms with Gasteiger partial charge < -0.3 is 15.0 Å². The number of amides is 2. The van der Waals surface area contributed by atoms with Gasteiger partial charge in [-0.1, -0.05) is 11.6 Å². The summed E-state index contributed by atoms with van der Waals surface area (Å²) in [6.07, 6.45) is 1.24. The molecule has 0 radical (unpaired) electrons. The first-order chi connectivity index (χ1) is 10.0. The van der Waals surface area contributed by atoms with E-state index in [9.17, 15) is 9.59 Å². The Kier molecular flexibility index (Phi) is 5.20. The van der Waals surface area contributed by atoms with Crippen LogP contribution < -0.4 is 5.32 Å². The number of nitrogens with one attached hydrogen (secondary N) is 1. The van der Waals surface area contributed by atoms with E-state index in [-0.39, 0.29) is 11.8 Å². The average molecular weight is 311 g/mol. The molecule has 1 fully saturated rings. The predicted octanol–water partition coefficient (Wildman–Crippen LogP) is 2.55. The number of rotatable bonds is 4. The maximum absolute atomic E-state index is 12.1. The summed E-state index contributed by atoms with van der Waals surface area (Å²) in [6, 6.07) is 4.89. The summed E-state index contributed by atoms with van der Waals surface area (Å²) in [6.45, 7) is 3.12. The van der Waals surface area contributed by atoms with Crippen molar-refractivity contribution in [2.24, 2.45) is 0 Å². The molecule has 0 spiro atoms. The van der Waals surface area contributed by atoms with E-state index < -0.39 is 6.10 Å². The molecular formula is C15H19ClN2O3. The summed E-state index contributed by atoms with van der Waals surface area (Å²) < 4.78 is 5.32. The lowest BCUT2D eigenvalue weighted by atomic mass is 10.1. The van der Waals surface area contributed by atoms with E-state index in [4.69, 9.17) is 16.3 Å². The van der Waals surface area contributed by atoms with E-state index >= 15 is 0 Å². The van der Waals surface area contributed by atoms with Crippen LogP contribution in [0.3, 0.4) is 0 Å². The highest BCUT2D eigenvalue weighted by molar-refractivity contribution is 6.34. The number of carbonyl (C=O) groups excluding carboxylic acids is 2. The smallest absolute Gasteiger partial charge is 0.255 e. The average Bonchev–Trinajstić information content (AvgIpc) is 3.00. The first-order valence-electron chi connectivity index (χ1n) is 7.00. The van der Waals surface area contributed by atoms with Crippen LogP contribution >= 0.6 is 11.6 Å². The fourth-order valence-electron chi connectivity index (χ4n) is 2.12. The highest BCUT2D eigenvalue weighted by atomic mass is 35.5. The van der Waals surface area contributed by atoms with Crippen LogP contribution in [0.2, 0.25) is 5.02 Å². The van der Waals surface area contributed by atoms with Gasteiger partial charge in [-0.2, -0.15) is 0 Å². The Morgan fingerprint density at radius 3 is 2.81 bits per heavy atom. The van der Waals surface area contributed by atoms with Crippen LogP contribution in [0, 0.1) is 0 Å². The molecule has 0 aliphatic carbocycles. The number of ether oxygens (including phenoxy) is 1. The highest BCUT2D eigenvalue weighted by Crippen LogP contribution is 2.23. The Morgan fingerprint density at radius 1 is 1.48 bits per heavy atom. The second kappa shape index (κ2) is 6.91. The lowest BCUT2D eigenvalue weighted by Crippen LogP contribution is -2.27. The van der Waals surface area contributed by atoms with Crippen LogP contribution in [0.1, 0.15) is 30.1 Å². The summed E-state index contributed by atoms with van der Waals surface area (Å²) in [7, 11) is 1.71. The summed E-state index contributed by atoms with van der Waals surface area (Å²) in [5.41, 5.74) is 0.993. The summed E-state index contributed by atoms with van der Waals surface area (Å²) in [4.78, 5) is 25.6. The molecule has 1 saturated heterocycles. The molecule has 1 aliphatic rings. The van der Waals surface area contributed by atoms with Gasteiger partial charge in [0.05, 0.1) is 10.6 Å². The predicted molar refractivity (Wildman–Crippen MR) is 81.7 cm³/mol. The number of hydrogen-bond donors (Lipinski definition) is 1. The number of nitrogens with zero attached hydrogens (tertiary/aromatic N) is 1. The molecule has 1 aromatic rings. The van der Waals surface area contributed by atoms with Crippen molar-refractivity contribution in [2.75, 3.05) is 25.5 Å². The van der Waals surface area contributed by atoms with Crippen molar-refractivity contribution in [3.8, 4) is 0 Å². The van der Waals surface area contributed by atoms with Crippen LogP contribution in [0.4, 0.5) is 5.69 Å². The zero-order chi connectivity index (χ0) is 15.4. The van der Waals surface area contributed by atoms with Crippen LogP contribution in [0.15, 0.2) is 18.2 Å². The van der Waals surface area contributed by atoms with Crippen LogP contribution in [-0.4, -0.2) is 43.0 Å². The van der Waals surface area contributed by atoms with Gasteiger partial charge in [0, 0.05) is 25.9 Å². The van der Waals surface area contributed by atoms with Crippen molar-refractivity contribution in [1.82, 2.24) is 4.90 Å². The minimum Gasteiger partial charge on any atom is -0.368 e. The Balaban J connectivity index is 2.08. The van der Waals surface area contributed by atoms with Gasteiger partial charge in [-0.05, 0) is 38.0 Å². The largest absolute Gasteiger partial charge is 0.368 e. The second-order valence-corrected chi connectivity index (χ2v) is 5.41. The van der Waals surface area contributed by atoms with Gasteiger partial charge in [0.2, 0.25) is 0 Å². The maximum Gasteiger partial charge on any atom is 0.255 e. The number of carbonyl (C=O) groups is 2. The number of benzene rings is 1. The van der Waals surface area contributed by atoms with Crippen molar-refractivity contribution < 1.29 is 14.3 Å². The van der Waals surface area contributed by atoms with Gasteiger partial charge in [0.15, 0.2) is 0 Å². The second-order valence-electron chi connectivity index (χ2n) is 5.00. The summed E-state index contributed by atoms with van der Waals surface area (Å²) >= 11 is 6.14. The standard InChI is InChI=1S/C15H19ClN2O3/c1-3-18(2)15(20)11-7-6-10(9-12(11)16)17-14(19)13-5-4-8-21-13/h6-7,9,13H,3-5,8H2,1-2H3,(H,17,19). The van der Waals surface area contributed by atoms with E-state index in [1.165, 1.54) is 0 Å². The van der Waals surface area contributed by atoms with Gasteiger partial charge in [-0.15, -0.1) is 0 Å². The molecule has 21 heavy (non-hydrogen) atoms. The number of anilines is 1. The fraction of sp³-hybridized carbons (Fsp3) is 0.467. The molecule has 1 unspecified atom stereocenters. The molecule has 2 rings (SSSR count). The normalized spacial score (nSPS) is 17.6. The molecule has 1 N–H and O–H groups in total. The third-order valence-electron chi connectivity index (χ3n) is 3.51. The number of halogens is 1. The zero-order valence-electron chi connectivity index (χ0n) is 12.2. The van der Waals surface area contributed by atoms with Gasteiger partial charge >= 0.3 is 0 Å². The Hall–Kier alpha value is -1.59. The zero-order valence-corrected chi connectivity index (χ0v) is 12.9. The van der Waals surface area contributed by atoms with Gasteiger partial charge in [-0.3, -0.25) is 9.59 Å². The molecule has 5 nitrogen and oxygen atoms in total. The Morgan fingerprint density at radius 2 is 2.24 bits per heavy atom. The van der Waals surface area contributed by atoms with Gasteiger partial charge in [-0.25, -0.2) is 0 Å². The molecular weight excluding hydrogens is 292 g/mol. The fourth-order valence-corrected chi connectivity index (χ4v) is 2.38. The molecule has 1 atom stereocenters. The third kappa shape index (κ3) is 3.74. The quantitative estimate of drug-likeness (QED) is 0.929. The molecule has 1 aliphatic heterocycles. The van der Waals surface area contributed by atoms with Crippen LogP contribution in [0.5, 0.6) is 0 Å². The maximum atomic E-state index is 12.1. The van der Waals surface area contributed by atoms with E-state index in [1.807, 2.05) is 6.92 Å². The van der Waals surface area contributed by atoms with Gasteiger partial charge in [0.1, 0.15) is 6.10 Å². The Labute approximate surface area is 129 Å². The summed E-state index contributed by atoms with van der Waals surface area (Å²) in [5.74, 6) is -0.312. The van der Waals surface area contributed by atoms with Crippen molar-refractivity contribution >= 4 is 29.1 Å². The molecule has 0 aromatic heterocycles. The molecule has 1 aromatic carbocycles. The lowest BCUT2D eigenvalue weighted by molar-refractivity contribution is -0.124. The first-order valence-corrected chi connectivity index (χ1v) is 7.38. The lowest BCUT2D eigenvalue weighted by Gasteiger charge is -2.16. The van der Waals surface area contributed by atoms with E-state index in [0.29, 0.717) is 29.4 Å². The van der Waals surface area contributed by atoms with Crippen molar-refractivity contribution in [3.05, 3.63) is 28.8 Å². The SMILES string of the molecule is CCN(C)C(=O)c1ccc(NC(=O)C2CCCO2)cc1Cl. The number of hydrogen-bond acceptors (Lipinski definition) is 3. The minimum absolute atomic E-state index is 0.139. The van der Waals surface area contributed by atoms with E-state index in [2.05, 4.69) is 5.32 Å². The van der Waals surface area contributed by atoms with E-state index in [0.717, 1.165) is 12.8 Å². The van der Waals surface area contributed by atoms with Gasteiger partial charge in [0.25, 0.3) is 11.8 Å². The molecule has 0 bridgehead atoms. The molecule has 6 heteroatoms. The molecule has 2 amide bonds. The molecule has 114 valence electrons. The summed E-state index contributed by atoms with van der Waals surface area (Å²) in [5, 5.41) is 3.09. The van der Waals surface area contributed by atoms with Crippen molar-refractivity contribution in [2.45, 2.75) is 25.9 Å².